The third-order valence-corrected chi connectivity index (χ3v) is 4.44. The summed E-state index contributed by atoms with van der Waals surface area (Å²) in [6.07, 6.45) is 5.13. The second-order valence-corrected chi connectivity index (χ2v) is 6.85. The normalized spacial score (nSPS) is 14.1. The van der Waals surface area contributed by atoms with Crippen molar-refractivity contribution in [1.29, 1.82) is 0 Å². The zero-order valence-corrected chi connectivity index (χ0v) is 18.2. The number of aliphatic imine (C=N–C) groups is 1. The molecule has 8 heteroatoms. The summed E-state index contributed by atoms with van der Waals surface area (Å²) in [7, 11) is 0. The topological polar surface area (TPSA) is 67.1 Å². The number of benzene rings is 1. The Kier molecular flexibility index (Phi) is 8.14. The monoisotopic (exact) mass is 518 g/mol. The third kappa shape index (κ3) is 6.58. The van der Waals surface area contributed by atoms with Gasteiger partial charge in [0.15, 0.2) is 5.96 Å². The molecule has 0 bridgehead atoms. The van der Waals surface area contributed by atoms with Gasteiger partial charge in [-0.2, -0.15) is 0 Å². The van der Waals surface area contributed by atoms with Gasteiger partial charge >= 0.3 is 0 Å². The minimum atomic E-state index is 0. The number of hydrogen-bond donors (Lipinski definition) is 2. The molecule has 1 aliphatic carbocycles. The number of aromatic nitrogens is 3. The lowest BCUT2D eigenvalue weighted by Gasteiger charge is -2.13. The molecule has 2 N–H and O–H groups in total. The van der Waals surface area contributed by atoms with Crippen molar-refractivity contribution in [3.8, 4) is 0 Å². The molecule has 1 aromatic heterocycles. The van der Waals surface area contributed by atoms with E-state index in [1.165, 1.54) is 18.4 Å². The van der Waals surface area contributed by atoms with Crippen LogP contribution >= 0.6 is 39.9 Å². The maximum absolute atomic E-state index is 4.70. The van der Waals surface area contributed by atoms with Gasteiger partial charge in [-0.3, -0.25) is 0 Å². The molecular formula is C17H24BrIN6. The molecule has 0 radical (unpaired) electrons. The number of guanidine groups is 1. The van der Waals surface area contributed by atoms with Gasteiger partial charge in [0.2, 0.25) is 0 Å². The summed E-state index contributed by atoms with van der Waals surface area (Å²) >= 11 is 3.46. The van der Waals surface area contributed by atoms with Crippen LogP contribution in [0.15, 0.2) is 40.1 Å². The molecule has 0 saturated heterocycles. The number of nitrogens with zero attached hydrogens (tertiary/aromatic N) is 4. The van der Waals surface area contributed by atoms with Gasteiger partial charge in [0.1, 0.15) is 12.2 Å². The zero-order valence-electron chi connectivity index (χ0n) is 14.3. The summed E-state index contributed by atoms with van der Waals surface area (Å²) in [5, 5.41) is 15.0. The predicted molar refractivity (Wildman–Crippen MR) is 114 cm³/mol. The Hall–Kier alpha value is -1.16. The lowest BCUT2D eigenvalue weighted by atomic mass is 10.2. The first-order valence-corrected chi connectivity index (χ1v) is 9.20. The summed E-state index contributed by atoms with van der Waals surface area (Å²) in [6.45, 7) is 4.39. The van der Waals surface area contributed by atoms with Crippen LogP contribution in [-0.4, -0.2) is 33.3 Å². The van der Waals surface area contributed by atoms with Crippen molar-refractivity contribution in [2.24, 2.45) is 4.99 Å². The molecule has 0 unspecified atom stereocenters. The first-order chi connectivity index (χ1) is 11.7. The molecule has 0 spiro atoms. The van der Waals surface area contributed by atoms with E-state index in [1.54, 1.807) is 6.33 Å². The number of aryl methyl sites for hydroxylation is 1. The van der Waals surface area contributed by atoms with Crippen LogP contribution in [0, 0.1) is 0 Å². The Balaban J connectivity index is 0.00000225. The van der Waals surface area contributed by atoms with E-state index in [9.17, 15) is 0 Å². The fourth-order valence-electron chi connectivity index (χ4n) is 2.37. The second-order valence-electron chi connectivity index (χ2n) is 5.93. The van der Waals surface area contributed by atoms with Crippen molar-refractivity contribution in [3.05, 3.63) is 46.5 Å². The maximum Gasteiger partial charge on any atom is 0.191 e. The van der Waals surface area contributed by atoms with Gasteiger partial charge < -0.3 is 15.2 Å². The second kappa shape index (κ2) is 10.1. The molecule has 1 aliphatic rings. The molecule has 1 fully saturated rings. The van der Waals surface area contributed by atoms with E-state index < -0.39 is 0 Å². The summed E-state index contributed by atoms with van der Waals surface area (Å²) in [5.41, 5.74) is 1.20. The van der Waals surface area contributed by atoms with E-state index >= 15 is 0 Å². The smallest absolute Gasteiger partial charge is 0.191 e. The number of hydrogen-bond acceptors (Lipinski definition) is 3. The van der Waals surface area contributed by atoms with Crippen LogP contribution in [0.1, 0.15) is 31.2 Å². The Bertz CT molecular complexity index is 681. The average molecular weight is 519 g/mol. The van der Waals surface area contributed by atoms with Crippen LogP contribution in [0.25, 0.3) is 0 Å². The van der Waals surface area contributed by atoms with Crippen molar-refractivity contribution in [1.82, 2.24) is 25.4 Å². The Morgan fingerprint density at radius 3 is 2.76 bits per heavy atom. The summed E-state index contributed by atoms with van der Waals surface area (Å²) in [6, 6.07) is 8.84. The molecule has 136 valence electrons. The van der Waals surface area contributed by atoms with Crippen LogP contribution in [0.3, 0.4) is 0 Å². The van der Waals surface area contributed by atoms with Gasteiger partial charge in [-0.1, -0.05) is 35.0 Å². The van der Waals surface area contributed by atoms with Crippen molar-refractivity contribution >= 4 is 45.9 Å². The fraction of sp³-hybridized carbons (Fsp3) is 0.471. The number of rotatable bonds is 7. The highest BCUT2D eigenvalue weighted by Crippen LogP contribution is 2.18. The highest BCUT2D eigenvalue weighted by Gasteiger charge is 2.22. The summed E-state index contributed by atoms with van der Waals surface area (Å²) < 4.78 is 3.17. The molecule has 25 heavy (non-hydrogen) atoms. The quantitative estimate of drug-likeness (QED) is 0.336. The SMILES string of the molecule is CCc1nncn1CCNC(=NCc1ccc(Br)cc1)NC1CC1.I. The van der Waals surface area contributed by atoms with Crippen LogP contribution in [0.5, 0.6) is 0 Å². The Morgan fingerprint density at radius 1 is 1.32 bits per heavy atom. The Morgan fingerprint density at radius 2 is 2.08 bits per heavy atom. The van der Waals surface area contributed by atoms with Crippen LogP contribution in [-0.2, 0) is 19.5 Å². The van der Waals surface area contributed by atoms with E-state index in [1.807, 2.05) is 12.1 Å². The molecular weight excluding hydrogens is 495 g/mol. The fourth-order valence-corrected chi connectivity index (χ4v) is 2.63. The molecule has 2 aromatic rings. The molecule has 1 saturated carbocycles. The van der Waals surface area contributed by atoms with Gasteiger partial charge in [-0.25, -0.2) is 4.99 Å². The first-order valence-electron chi connectivity index (χ1n) is 8.40. The van der Waals surface area contributed by atoms with E-state index in [4.69, 9.17) is 4.99 Å². The first kappa shape index (κ1) is 20.2. The van der Waals surface area contributed by atoms with Gasteiger partial charge in [0.05, 0.1) is 6.54 Å². The van der Waals surface area contributed by atoms with Gasteiger partial charge in [0, 0.05) is 30.0 Å². The number of halogens is 2. The highest BCUT2D eigenvalue weighted by molar-refractivity contribution is 14.0. The largest absolute Gasteiger partial charge is 0.355 e. The molecule has 1 heterocycles. The maximum atomic E-state index is 4.70. The predicted octanol–water partition coefficient (Wildman–Crippen LogP) is 3.12. The van der Waals surface area contributed by atoms with E-state index in [0.29, 0.717) is 12.6 Å². The molecule has 3 rings (SSSR count). The van der Waals surface area contributed by atoms with Gasteiger partial charge in [-0.05, 0) is 30.5 Å². The third-order valence-electron chi connectivity index (χ3n) is 3.91. The highest BCUT2D eigenvalue weighted by atomic mass is 127. The van der Waals surface area contributed by atoms with Crippen molar-refractivity contribution < 1.29 is 0 Å². The van der Waals surface area contributed by atoms with Crippen LogP contribution in [0.4, 0.5) is 0 Å². The molecule has 6 nitrogen and oxygen atoms in total. The molecule has 0 aliphatic heterocycles. The molecule has 0 amide bonds. The lowest BCUT2D eigenvalue weighted by Crippen LogP contribution is -2.40. The zero-order chi connectivity index (χ0) is 16.8. The molecule has 0 atom stereocenters. The van der Waals surface area contributed by atoms with Crippen molar-refractivity contribution in [3.63, 3.8) is 0 Å². The standard InChI is InChI=1S/C17H23BrN6.HI/c1-2-16-23-21-12-24(16)10-9-19-17(22-15-7-8-15)20-11-13-3-5-14(18)6-4-13;/h3-6,12,15H,2,7-11H2,1H3,(H2,19,20,22);1H. The minimum absolute atomic E-state index is 0. The summed E-state index contributed by atoms with van der Waals surface area (Å²) in [5.74, 6) is 1.90. The van der Waals surface area contributed by atoms with E-state index in [-0.39, 0.29) is 24.0 Å². The Labute approximate surface area is 174 Å². The van der Waals surface area contributed by atoms with E-state index in [2.05, 4.69) is 60.4 Å². The average Bonchev–Trinajstić information content (AvgIpc) is 3.29. The van der Waals surface area contributed by atoms with Gasteiger partial charge in [0.25, 0.3) is 0 Å². The molecule has 1 aromatic carbocycles. The summed E-state index contributed by atoms with van der Waals surface area (Å²) in [4.78, 5) is 4.70. The minimum Gasteiger partial charge on any atom is -0.355 e. The van der Waals surface area contributed by atoms with Crippen LogP contribution < -0.4 is 10.6 Å². The van der Waals surface area contributed by atoms with Gasteiger partial charge in [-0.15, -0.1) is 34.2 Å². The van der Waals surface area contributed by atoms with Crippen LogP contribution in [0.2, 0.25) is 0 Å². The van der Waals surface area contributed by atoms with E-state index in [0.717, 1.165) is 35.8 Å². The lowest BCUT2D eigenvalue weighted by molar-refractivity contribution is 0.631. The van der Waals surface area contributed by atoms with Crippen molar-refractivity contribution in [2.75, 3.05) is 6.54 Å². The van der Waals surface area contributed by atoms with Crippen molar-refractivity contribution in [2.45, 2.75) is 45.3 Å². The number of nitrogens with one attached hydrogen (secondary N) is 2.